The summed E-state index contributed by atoms with van der Waals surface area (Å²) in [5, 5.41) is 0.732. The van der Waals surface area contributed by atoms with Crippen LogP contribution in [0.3, 0.4) is 0 Å². The highest BCUT2D eigenvalue weighted by Gasteiger charge is 2.36. The van der Waals surface area contributed by atoms with Gasteiger partial charge in [0.25, 0.3) is 0 Å². The second-order valence-corrected chi connectivity index (χ2v) is 9.92. The summed E-state index contributed by atoms with van der Waals surface area (Å²) in [7, 11) is 0. The van der Waals surface area contributed by atoms with E-state index in [1.54, 1.807) is 23.9 Å². The third-order valence-electron chi connectivity index (χ3n) is 6.63. The van der Waals surface area contributed by atoms with Gasteiger partial charge in [0.05, 0.1) is 22.5 Å². The number of ether oxygens (including phenoxy) is 1. The molecule has 0 unspecified atom stereocenters. The molecule has 0 N–H and O–H groups in total. The van der Waals surface area contributed by atoms with Gasteiger partial charge in [-0.2, -0.15) is 0 Å². The van der Waals surface area contributed by atoms with Crippen molar-refractivity contribution >= 4 is 45.0 Å². The molecule has 2 aromatic heterocycles. The Balaban J connectivity index is 0.00000280. The first-order chi connectivity index (χ1) is 17.7. The first-order valence-corrected chi connectivity index (χ1v) is 13.0. The number of amides is 1. The van der Waals surface area contributed by atoms with Crippen LogP contribution in [0.15, 0.2) is 85.5 Å². The van der Waals surface area contributed by atoms with Crippen LogP contribution in [-0.2, 0) is 17.8 Å². The fourth-order valence-corrected chi connectivity index (χ4v) is 5.82. The molecule has 0 saturated heterocycles. The number of para-hydroxylation sites is 2. The molecule has 6 rings (SSSR count). The van der Waals surface area contributed by atoms with Crippen molar-refractivity contribution in [2.75, 3.05) is 11.4 Å². The lowest BCUT2D eigenvalue weighted by Gasteiger charge is -2.31. The molecule has 0 radical (unpaired) electrons. The first kappa shape index (κ1) is 25.0. The molecule has 5 aromatic rings. The van der Waals surface area contributed by atoms with E-state index in [0.717, 1.165) is 57.4 Å². The smallest absolute Gasteiger partial charge is 0.241 e. The topological polar surface area (TPSA) is 60.2 Å². The van der Waals surface area contributed by atoms with Crippen molar-refractivity contribution in [3.05, 3.63) is 102 Å². The second kappa shape index (κ2) is 10.7. The van der Waals surface area contributed by atoms with Gasteiger partial charge in [-0.05, 0) is 42.7 Å². The summed E-state index contributed by atoms with van der Waals surface area (Å²) in [6, 6.07) is 22.0. The van der Waals surface area contributed by atoms with Crippen LogP contribution in [0.4, 0.5) is 5.13 Å². The maximum Gasteiger partial charge on any atom is 0.241 e. The first-order valence-electron chi connectivity index (χ1n) is 12.2. The largest absolute Gasteiger partial charge is 0.457 e. The van der Waals surface area contributed by atoms with E-state index in [0.29, 0.717) is 6.54 Å². The monoisotopic (exact) mass is 530 g/mol. The molecular formula is C29H27ClN4O2S. The van der Waals surface area contributed by atoms with E-state index in [1.807, 2.05) is 64.2 Å². The highest BCUT2D eigenvalue weighted by molar-refractivity contribution is 7.22. The molecule has 37 heavy (non-hydrogen) atoms. The summed E-state index contributed by atoms with van der Waals surface area (Å²) in [6.07, 6.45) is 7.27. The lowest BCUT2D eigenvalue weighted by Crippen LogP contribution is -2.37. The van der Waals surface area contributed by atoms with Crippen molar-refractivity contribution in [1.29, 1.82) is 0 Å². The molecule has 0 saturated carbocycles. The Bertz CT molecular complexity index is 1490. The van der Waals surface area contributed by atoms with E-state index >= 15 is 0 Å². The van der Waals surface area contributed by atoms with E-state index in [-0.39, 0.29) is 18.3 Å². The van der Waals surface area contributed by atoms with Gasteiger partial charge in [-0.15, -0.1) is 12.4 Å². The molecule has 6 nitrogen and oxygen atoms in total. The van der Waals surface area contributed by atoms with Gasteiger partial charge in [0.1, 0.15) is 11.5 Å². The number of hydrogen-bond donors (Lipinski definition) is 0. The SMILES string of the molecule is CCc1ccc2nc(N(CCCn3ccnc3)C(=O)C3c4ccccc4Oc4ccccc43)sc2c1.Cl. The number of carbonyl (C=O) groups excluding carboxylic acids is 1. The lowest BCUT2D eigenvalue weighted by atomic mass is 9.87. The average molecular weight is 531 g/mol. The Labute approximate surface area is 226 Å². The van der Waals surface area contributed by atoms with Gasteiger partial charge in [0.2, 0.25) is 5.91 Å². The normalized spacial score (nSPS) is 12.4. The molecule has 1 amide bonds. The molecular weight excluding hydrogens is 504 g/mol. The molecule has 3 aromatic carbocycles. The summed E-state index contributed by atoms with van der Waals surface area (Å²) < 4.78 is 9.29. The number of carbonyl (C=O) groups is 1. The van der Waals surface area contributed by atoms with Crippen molar-refractivity contribution in [3.63, 3.8) is 0 Å². The summed E-state index contributed by atoms with van der Waals surface area (Å²) in [6.45, 7) is 3.48. The zero-order valence-electron chi connectivity index (χ0n) is 20.4. The molecule has 1 aliphatic heterocycles. The van der Waals surface area contributed by atoms with Gasteiger partial charge in [-0.25, -0.2) is 9.97 Å². The van der Waals surface area contributed by atoms with Crippen LogP contribution in [0.5, 0.6) is 11.5 Å². The van der Waals surface area contributed by atoms with E-state index in [1.165, 1.54) is 5.56 Å². The number of thiazole rings is 1. The van der Waals surface area contributed by atoms with Crippen LogP contribution in [-0.4, -0.2) is 27.0 Å². The van der Waals surface area contributed by atoms with Gasteiger partial charge >= 0.3 is 0 Å². The minimum atomic E-state index is -0.461. The Morgan fingerprint density at radius 3 is 2.46 bits per heavy atom. The number of anilines is 1. The van der Waals surface area contributed by atoms with Crippen LogP contribution < -0.4 is 9.64 Å². The fraction of sp³-hybridized carbons (Fsp3) is 0.207. The van der Waals surface area contributed by atoms with Gasteiger partial charge in [-0.3, -0.25) is 9.69 Å². The van der Waals surface area contributed by atoms with Gasteiger partial charge < -0.3 is 9.30 Å². The van der Waals surface area contributed by atoms with Crippen molar-refractivity contribution in [1.82, 2.24) is 14.5 Å². The van der Waals surface area contributed by atoms with Crippen LogP contribution in [0.1, 0.15) is 36.0 Å². The van der Waals surface area contributed by atoms with E-state index < -0.39 is 5.92 Å². The Hall–Kier alpha value is -3.68. The van der Waals surface area contributed by atoms with Crippen molar-refractivity contribution in [3.8, 4) is 11.5 Å². The van der Waals surface area contributed by atoms with E-state index in [9.17, 15) is 4.79 Å². The summed E-state index contributed by atoms with van der Waals surface area (Å²) in [4.78, 5) is 25.4. The number of fused-ring (bicyclic) bond motifs is 3. The van der Waals surface area contributed by atoms with E-state index in [4.69, 9.17) is 9.72 Å². The molecule has 188 valence electrons. The lowest BCUT2D eigenvalue weighted by molar-refractivity contribution is -0.119. The average Bonchev–Trinajstić information content (AvgIpc) is 3.58. The summed E-state index contributed by atoms with van der Waals surface area (Å²) >= 11 is 1.58. The number of aryl methyl sites for hydroxylation is 2. The standard InChI is InChI=1S/C29H26N4O2S.ClH/c1-2-20-12-13-23-26(18-20)36-29(31-23)33(16-7-15-32-17-14-30-19-32)28(34)27-21-8-3-5-10-24(21)35-25-11-6-4-9-22(25)27;/h3-6,8-14,17-19,27H,2,7,15-16H2,1H3;1H. The van der Waals surface area contributed by atoms with Crippen LogP contribution >= 0.6 is 23.7 Å². The van der Waals surface area contributed by atoms with E-state index in [2.05, 4.69) is 30.1 Å². The number of nitrogens with zero attached hydrogens (tertiary/aromatic N) is 4. The predicted octanol–water partition coefficient (Wildman–Crippen LogP) is 6.84. The van der Waals surface area contributed by atoms with Gasteiger partial charge in [0, 0.05) is 36.6 Å². The third kappa shape index (κ3) is 4.84. The number of halogens is 1. The summed E-state index contributed by atoms with van der Waals surface area (Å²) in [5.41, 5.74) is 3.96. The Morgan fingerprint density at radius 2 is 1.78 bits per heavy atom. The quantitative estimate of drug-likeness (QED) is 0.231. The number of benzene rings is 3. The third-order valence-corrected chi connectivity index (χ3v) is 7.67. The molecule has 0 aliphatic carbocycles. The number of rotatable bonds is 7. The molecule has 1 aliphatic rings. The number of hydrogen-bond acceptors (Lipinski definition) is 5. The van der Waals surface area contributed by atoms with Crippen molar-refractivity contribution in [2.45, 2.75) is 32.2 Å². The highest BCUT2D eigenvalue weighted by atomic mass is 35.5. The maximum absolute atomic E-state index is 14.4. The molecule has 0 fully saturated rings. The molecule has 0 bridgehead atoms. The second-order valence-electron chi connectivity index (χ2n) is 8.91. The number of aromatic nitrogens is 3. The molecule has 8 heteroatoms. The van der Waals surface area contributed by atoms with Gasteiger partial charge in [-0.1, -0.05) is 60.7 Å². The van der Waals surface area contributed by atoms with Crippen LogP contribution in [0, 0.1) is 0 Å². The van der Waals surface area contributed by atoms with Gasteiger partial charge in [0.15, 0.2) is 5.13 Å². The fourth-order valence-electron chi connectivity index (χ4n) is 4.75. The highest BCUT2D eigenvalue weighted by Crippen LogP contribution is 2.45. The zero-order valence-corrected chi connectivity index (χ0v) is 22.0. The molecule has 0 spiro atoms. The Morgan fingerprint density at radius 1 is 1.05 bits per heavy atom. The van der Waals surface area contributed by atoms with Crippen LogP contribution in [0.2, 0.25) is 0 Å². The molecule has 0 atom stereocenters. The minimum absolute atomic E-state index is 0. The zero-order chi connectivity index (χ0) is 24.5. The molecule has 3 heterocycles. The van der Waals surface area contributed by atoms with Crippen LogP contribution in [0.25, 0.3) is 10.2 Å². The van der Waals surface area contributed by atoms with Crippen molar-refractivity contribution in [2.24, 2.45) is 0 Å². The minimum Gasteiger partial charge on any atom is -0.457 e. The maximum atomic E-state index is 14.4. The summed E-state index contributed by atoms with van der Waals surface area (Å²) in [5.74, 6) is 1.01. The Kier molecular flexibility index (Phi) is 7.26. The number of imidazole rings is 1. The van der Waals surface area contributed by atoms with Crippen molar-refractivity contribution < 1.29 is 9.53 Å². The predicted molar refractivity (Wildman–Crippen MR) is 150 cm³/mol.